The van der Waals surface area contributed by atoms with E-state index in [0.29, 0.717) is 17.1 Å². The molecule has 1 heterocycles. The first-order valence-corrected chi connectivity index (χ1v) is 8.85. The summed E-state index contributed by atoms with van der Waals surface area (Å²) in [6, 6.07) is 6.37. The quantitative estimate of drug-likeness (QED) is 0.838. The van der Waals surface area contributed by atoms with Gasteiger partial charge in [-0.15, -0.1) is 11.3 Å². The highest BCUT2D eigenvalue weighted by Crippen LogP contribution is 2.22. The lowest BCUT2D eigenvalue weighted by Crippen LogP contribution is -2.25. The van der Waals surface area contributed by atoms with Crippen LogP contribution < -0.4 is 4.72 Å². The number of aryl methyl sites for hydroxylation is 2. The van der Waals surface area contributed by atoms with Gasteiger partial charge in [-0.2, -0.15) is 0 Å². The first-order valence-electron chi connectivity index (χ1n) is 6.55. The number of aromatic nitrogens is 1. The highest BCUT2D eigenvalue weighted by Gasteiger charge is 2.20. The van der Waals surface area contributed by atoms with Crippen LogP contribution in [0.25, 0.3) is 0 Å². The fraction of sp³-hybridized carbons (Fsp3) is 0.286. The van der Waals surface area contributed by atoms with Gasteiger partial charge in [0.1, 0.15) is 0 Å². The van der Waals surface area contributed by atoms with Crippen molar-refractivity contribution in [2.45, 2.75) is 24.5 Å². The van der Waals surface area contributed by atoms with Crippen LogP contribution in [0.15, 0.2) is 28.5 Å². The smallest absolute Gasteiger partial charge is 0.335 e. The molecule has 0 radical (unpaired) electrons. The van der Waals surface area contributed by atoms with E-state index in [4.69, 9.17) is 5.11 Å². The van der Waals surface area contributed by atoms with Crippen molar-refractivity contribution in [3.63, 3.8) is 0 Å². The van der Waals surface area contributed by atoms with Crippen LogP contribution in [0.4, 0.5) is 0 Å². The zero-order valence-electron chi connectivity index (χ0n) is 12.2. The fourth-order valence-corrected chi connectivity index (χ4v) is 4.53. The van der Waals surface area contributed by atoms with Crippen molar-refractivity contribution >= 4 is 27.3 Å². The molecular weight excluding hydrogens is 324 g/mol. The molecule has 0 unspecified atom stereocenters. The minimum atomic E-state index is -3.55. The summed E-state index contributed by atoms with van der Waals surface area (Å²) in [5, 5.41) is 9.53. The van der Waals surface area contributed by atoms with Crippen LogP contribution in [0.1, 0.15) is 26.6 Å². The first kappa shape index (κ1) is 16.6. The average Bonchev–Trinajstić information content (AvgIpc) is 2.79. The number of thiazole rings is 1. The monoisotopic (exact) mass is 340 g/mol. The van der Waals surface area contributed by atoms with Crippen molar-refractivity contribution in [2.75, 3.05) is 6.54 Å². The van der Waals surface area contributed by atoms with E-state index in [1.165, 1.54) is 12.1 Å². The molecule has 1 aromatic carbocycles. The molecule has 0 amide bonds. The summed E-state index contributed by atoms with van der Waals surface area (Å²) < 4.78 is 27.1. The van der Waals surface area contributed by atoms with Gasteiger partial charge in [0.05, 0.1) is 16.3 Å². The van der Waals surface area contributed by atoms with Gasteiger partial charge in [0.25, 0.3) is 10.0 Å². The summed E-state index contributed by atoms with van der Waals surface area (Å²) in [6.07, 6.45) is 0.482. The number of nitrogens with zero attached hydrogens (tertiary/aromatic N) is 1. The van der Waals surface area contributed by atoms with Crippen molar-refractivity contribution in [1.29, 1.82) is 0 Å². The third-order valence-corrected chi connectivity index (χ3v) is 6.16. The zero-order chi connectivity index (χ0) is 16.3. The molecule has 0 aliphatic rings. The SMILES string of the molecule is Cc1nc(C)c(S(=O)(=O)NCCc2ccc(C(=O)O)cc2)s1. The lowest BCUT2D eigenvalue weighted by molar-refractivity contribution is 0.0697. The minimum absolute atomic E-state index is 0.208. The molecule has 2 aromatic rings. The van der Waals surface area contributed by atoms with Crippen molar-refractivity contribution in [3.05, 3.63) is 46.1 Å². The van der Waals surface area contributed by atoms with Gasteiger partial charge in [0.15, 0.2) is 4.21 Å². The predicted molar refractivity (Wildman–Crippen MR) is 83.9 cm³/mol. The van der Waals surface area contributed by atoms with Gasteiger partial charge in [-0.1, -0.05) is 12.1 Å². The number of nitrogens with one attached hydrogen (secondary N) is 1. The molecule has 1 aromatic heterocycles. The van der Waals surface area contributed by atoms with E-state index in [-0.39, 0.29) is 16.3 Å². The molecule has 0 aliphatic heterocycles. The third kappa shape index (κ3) is 3.90. The molecule has 0 spiro atoms. The highest BCUT2D eigenvalue weighted by atomic mass is 32.2. The van der Waals surface area contributed by atoms with E-state index in [1.54, 1.807) is 26.0 Å². The Morgan fingerprint density at radius 1 is 1.27 bits per heavy atom. The second-order valence-corrected chi connectivity index (χ2v) is 7.92. The normalized spacial score (nSPS) is 11.5. The molecule has 0 saturated carbocycles. The van der Waals surface area contributed by atoms with Gasteiger partial charge in [-0.3, -0.25) is 0 Å². The number of sulfonamides is 1. The summed E-state index contributed by atoms with van der Waals surface area (Å²) in [5.74, 6) is -0.983. The van der Waals surface area contributed by atoms with Gasteiger partial charge >= 0.3 is 5.97 Å². The number of hydrogen-bond acceptors (Lipinski definition) is 5. The van der Waals surface area contributed by atoms with Crippen LogP contribution in [-0.2, 0) is 16.4 Å². The van der Waals surface area contributed by atoms with Crippen molar-refractivity contribution in [2.24, 2.45) is 0 Å². The number of carboxylic acid groups (broad SMARTS) is 1. The summed E-state index contributed by atoms with van der Waals surface area (Å²) in [5.41, 5.74) is 1.57. The largest absolute Gasteiger partial charge is 0.478 e. The van der Waals surface area contributed by atoms with Crippen molar-refractivity contribution in [1.82, 2.24) is 9.71 Å². The third-order valence-electron chi connectivity index (χ3n) is 3.01. The molecule has 0 saturated heterocycles. The summed E-state index contributed by atoms with van der Waals surface area (Å²) in [6.45, 7) is 3.68. The van der Waals surface area contributed by atoms with Crippen LogP contribution in [0.5, 0.6) is 0 Å². The van der Waals surface area contributed by atoms with E-state index in [9.17, 15) is 13.2 Å². The molecule has 0 atom stereocenters. The lowest BCUT2D eigenvalue weighted by Gasteiger charge is -2.06. The van der Waals surface area contributed by atoms with Crippen LogP contribution in [-0.4, -0.2) is 31.0 Å². The Morgan fingerprint density at radius 2 is 1.91 bits per heavy atom. The van der Waals surface area contributed by atoms with E-state index in [1.807, 2.05) is 0 Å². The van der Waals surface area contributed by atoms with Gasteiger partial charge in [0.2, 0.25) is 0 Å². The molecule has 0 bridgehead atoms. The molecular formula is C14H16N2O4S2. The van der Waals surface area contributed by atoms with E-state index < -0.39 is 16.0 Å². The van der Waals surface area contributed by atoms with Crippen molar-refractivity contribution in [3.8, 4) is 0 Å². The van der Waals surface area contributed by atoms with Crippen molar-refractivity contribution < 1.29 is 18.3 Å². The fourth-order valence-electron chi connectivity index (χ4n) is 1.97. The van der Waals surface area contributed by atoms with E-state index in [2.05, 4.69) is 9.71 Å². The maximum atomic E-state index is 12.2. The summed E-state index contributed by atoms with van der Waals surface area (Å²) in [4.78, 5) is 14.9. The maximum absolute atomic E-state index is 12.2. The molecule has 8 heteroatoms. The Balaban J connectivity index is 1.98. The molecule has 0 aliphatic carbocycles. The Hall–Kier alpha value is -1.77. The highest BCUT2D eigenvalue weighted by molar-refractivity contribution is 7.91. The number of rotatable bonds is 6. The minimum Gasteiger partial charge on any atom is -0.478 e. The van der Waals surface area contributed by atoms with Crippen LogP contribution in [0.2, 0.25) is 0 Å². The van der Waals surface area contributed by atoms with Crippen LogP contribution in [0.3, 0.4) is 0 Å². The summed E-state index contributed by atoms with van der Waals surface area (Å²) >= 11 is 1.15. The van der Waals surface area contributed by atoms with Gasteiger partial charge in [-0.25, -0.2) is 22.9 Å². The van der Waals surface area contributed by atoms with Crippen LogP contribution >= 0.6 is 11.3 Å². The second kappa shape index (κ2) is 6.55. The van der Waals surface area contributed by atoms with Crippen LogP contribution in [0, 0.1) is 13.8 Å². The second-order valence-electron chi connectivity index (χ2n) is 4.76. The number of aromatic carboxylic acids is 1. The predicted octanol–water partition coefficient (Wildman–Crippen LogP) is 1.98. The van der Waals surface area contributed by atoms with Gasteiger partial charge in [-0.05, 0) is 38.0 Å². The molecule has 6 nitrogen and oxygen atoms in total. The maximum Gasteiger partial charge on any atom is 0.335 e. The van der Waals surface area contributed by atoms with Gasteiger partial charge < -0.3 is 5.11 Å². The molecule has 0 fully saturated rings. The summed E-state index contributed by atoms with van der Waals surface area (Å²) in [7, 11) is -3.55. The topological polar surface area (TPSA) is 96.4 Å². The molecule has 2 rings (SSSR count). The number of carboxylic acids is 1. The number of benzene rings is 1. The Labute approximate surface area is 132 Å². The molecule has 22 heavy (non-hydrogen) atoms. The molecule has 2 N–H and O–H groups in total. The first-order chi connectivity index (χ1) is 10.3. The lowest BCUT2D eigenvalue weighted by atomic mass is 10.1. The molecule has 118 valence electrons. The average molecular weight is 340 g/mol. The van der Waals surface area contributed by atoms with E-state index in [0.717, 1.165) is 16.9 Å². The number of carbonyl (C=O) groups is 1. The van der Waals surface area contributed by atoms with Gasteiger partial charge in [0, 0.05) is 6.54 Å². The Kier molecular flexibility index (Phi) is 4.94. The standard InChI is InChI=1S/C14H16N2O4S2/c1-9-14(21-10(2)16-9)22(19,20)15-8-7-11-3-5-12(6-4-11)13(17)18/h3-6,15H,7-8H2,1-2H3,(H,17,18). The zero-order valence-corrected chi connectivity index (χ0v) is 13.8. The van der Waals surface area contributed by atoms with E-state index >= 15 is 0 Å². The Bertz CT molecular complexity index is 780. The Morgan fingerprint density at radius 3 is 2.41 bits per heavy atom. The number of hydrogen-bond donors (Lipinski definition) is 2.